The van der Waals surface area contributed by atoms with Gasteiger partial charge in [-0.25, -0.2) is 0 Å². The molecule has 0 aliphatic carbocycles. The Hall–Kier alpha value is -2.15. The summed E-state index contributed by atoms with van der Waals surface area (Å²) in [4.78, 5) is 22.3. The predicted octanol–water partition coefficient (Wildman–Crippen LogP) is 2.32. The van der Waals surface area contributed by atoms with Gasteiger partial charge in [0.15, 0.2) is 0 Å². The Kier molecular flexibility index (Phi) is 6.61. The molecule has 7 heteroatoms. The fraction of sp³-hybridized carbons (Fsp3) is 0.500. The van der Waals surface area contributed by atoms with Crippen molar-refractivity contribution in [3.8, 4) is 5.75 Å². The molecule has 1 amide bonds. The largest absolute Gasteiger partial charge is 0.494 e. The van der Waals surface area contributed by atoms with E-state index in [1.807, 2.05) is 13.8 Å². The summed E-state index contributed by atoms with van der Waals surface area (Å²) < 4.78 is 5.22. The molecule has 1 rings (SSSR count). The van der Waals surface area contributed by atoms with E-state index in [0.29, 0.717) is 18.9 Å². The average Bonchev–Trinajstić information content (AvgIpc) is 2.40. The first-order valence-corrected chi connectivity index (χ1v) is 6.88. The monoisotopic (exact) mass is 295 g/mol. The first kappa shape index (κ1) is 16.9. The summed E-state index contributed by atoms with van der Waals surface area (Å²) in [6.07, 6.45) is 0.253. The van der Waals surface area contributed by atoms with Crippen molar-refractivity contribution < 1.29 is 14.5 Å². The van der Waals surface area contributed by atoms with E-state index in [-0.39, 0.29) is 29.7 Å². The van der Waals surface area contributed by atoms with Gasteiger partial charge in [-0.1, -0.05) is 13.8 Å². The van der Waals surface area contributed by atoms with E-state index in [9.17, 15) is 14.9 Å². The third-order valence-electron chi connectivity index (χ3n) is 2.66. The Labute approximate surface area is 123 Å². The molecule has 2 N–H and O–H groups in total. The molecule has 0 saturated heterocycles. The standard InChI is InChI=1S/C14H21N3O4/c1-4-21-11-5-6-12(13(9-11)17(19)20)16-14(18)7-8-15-10(2)3/h5-6,9-10,15H,4,7-8H2,1-3H3,(H,16,18). The van der Waals surface area contributed by atoms with Crippen molar-refractivity contribution in [1.82, 2.24) is 5.32 Å². The SMILES string of the molecule is CCOc1ccc(NC(=O)CCNC(C)C)c([N+](=O)[O-])c1. The van der Waals surface area contributed by atoms with Crippen LogP contribution in [0, 0.1) is 10.1 Å². The molecule has 0 atom stereocenters. The molecular formula is C14H21N3O4. The van der Waals surface area contributed by atoms with E-state index in [0.717, 1.165) is 0 Å². The van der Waals surface area contributed by atoms with Gasteiger partial charge in [0.05, 0.1) is 17.6 Å². The Bertz CT molecular complexity index is 503. The number of nitro benzene ring substituents is 1. The molecule has 0 radical (unpaired) electrons. The number of carbonyl (C=O) groups is 1. The van der Waals surface area contributed by atoms with Gasteiger partial charge in [-0.3, -0.25) is 14.9 Å². The molecule has 7 nitrogen and oxygen atoms in total. The minimum atomic E-state index is -0.537. The lowest BCUT2D eigenvalue weighted by molar-refractivity contribution is -0.384. The third-order valence-corrected chi connectivity index (χ3v) is 2.66. The summed E-state index contributed by atoms with van der Waals surface area (Å²) in [5, 5.41) is 16.7. The minimum Gasteiger partial charge on any atom is -0.494 e. The minimum absolute atomic E-state index is 0.175. The summed E-state index contributed by atoms with van der Waals surface area (Å²) in [5.74, 6) is 0.138. The van der Waals surface area contributed by atoms with Gasteiger partial charge in [-0.05, 0) is 19.1 Å². The molecule has 0 fully saturated rings. The van der Waals surface area contributed by atoms with Crippen LogP contribution in [0.2, 0.25) is 0 Å². The van der Waals surface area contributed by atoms with E-state index in [1.54, 1.807) is 13.0 Å². The number of amides is 1. The highest BCUT2D eigenvalue weighted by Crippen LogP contribution is 2.29. The Balaban J connectivity index is 2.73. The van der Waals surface area contributed by atoms with Crippen molar-refractivity contribution in [3.63, 3.8) is 0 Å². The number of nitrogens with one attached hydrogen (secondary N) is 2. The van der Waals surface area contributed by atoms with Gasteiger partial charge in [-0.15, -0.1) is 0 Å². The molecular weight excluding hydrogens is 274 g/mol. The fourth-order valence-corrected chi connectivity index (χ4v) is 1.71. The quantitative estimate of drug-likeness (QED) is 0.567. The lowest BCUT2D eigenvalue weighted by Gasteiger charge is -2.10. The second-order valence-electron chi connectivity index (χ2n) is 4.78. The van der Waals surface area contributed by atoms with Crippen LogP contribution >= 0.6 is 0 Å². The Morgan fingerprint density at radius 3 is 2.71 bits per heavy atom. The molecule has 1 aromatic rings. The molecule has 0 bridgehead atoms. The first-order valence-electron chi connectivity index (χ1n) is 6.88. The van der Waals surface area contributed by atoms with Crippen LogP contribution in [0.15, 0.2) is 18.2 Å². The summed E-state index contributed by atoms with van der Waals surface area (Å²) in [7, 11) is 0. The van der Waals surface area contributed by atoms with Gasteiger partial charge in [0, 0.05) is 19.0 Å². The second kappa shape index (κ2) is 8.21. The molecule has 1 aromatic carbocycles. The zero-order valence-corrected chi connectivity index (χ0v) is 12.5. The molecule has 21 heavy (non-hydrogen) atoms. The number of hydrogen-bond acceptors (Lipinski definition) is 5. The third kappa shape index (κ3) is 5.78. The highest BCUT2D eigenvalue weighted by atomic mass is 16.6. The number of nitro groups is 1. The molecule has 0 aromatic heterocycles. The van der Waals surface area contributed by atoms with Gasteiger partial charge in [0.1, 0.15) is 11.4 Å². The number of ether oxygens (including phenoxy) is 1. The van der Waals surface area contributed by atoms with Crippen molar-refractivity contribution in [1.29, 1.82) is 0 Å². The maximum absolute atomic E-state index is 11.8. The van der Waals surface area contributed by atoms with Crippen molar-refractivity contribution in [3.05, 3.63) is 28.3 Å². The van der Waals surface area contributed by atoms with Crippen LogP contribution in [-0.2, 0) is 4.79 Å². The van der Waals surface area contributed by atoms with Gasteiger partial charge in [-0.2, -0.15) is 0 Å². The Morgan fingerprint density at radius 1 is 1.43 bits per heavy atom. The molecule has 0 aliphatic heterocycles. The van der Waals surface area contributed by atoms with Crippen LogP contribution in [0.5, 0.6) is 5.75 Å². The average molecular weight is 295 g/mol. The topological polar surface area (TPSA) is 93.5 Å². The maximum Gasteiger partial charge on any atom is 0.296 e. The maximum atomic E-state index is 11.8. The van der Waals surface area contributed by atoms with Crippen LogP contribution < -0.4 is 15.4 Å². The summed E-state index contributed by atoms with van der Waals surface area (Å²) in [6, 6.07) is 4.68. The first-order chi connectivity index (χ1) is 9.93. The fourth-order valence-electron chi connectivity index (χ4n) is 1.71. The Morgan fingerprint density at radius 2 is 2.14 bits per heavy atom. The van der Waals surface area contributed by atoms with Gasteiger partial charge >= 0.3 is 0 Å². The van der Waals surface area contributed by atoms with E-state index < -0.39 is 4.92 Å². The van der Waals surface area contributed by atoms with E-state index in [2.05, 4.69) is 10.6 Å². The molecule has 116 valence electrons. The van der Waals surface area contributed by atoms with Crippen molar-refractivity contribution in [2.24, 2.45) is 0 Å². The summed E-state index contributed by atoms with van der Waals surface area (Å²) in [6.45, 7) is 6.70. The molecule has 0 aliphatic rings. The van der Waals surface area contributed by atoms with E-state index >= 15 is 0 Å². The summed E-state index contributed by atoms with van der Waals surface area (Å²) >= 11 is 0. The second-order valence-corrected chi connectivity index (χ2v) is 4.78. The van der Waals surface area contributed by atoms with Gasteiger partial charge in [0.2, 0.25) is 5.91 Å². The van der Waals surface area contributed by atoms with Crippen LogP contribution in [-0.4, -0.2) is 30.0 Å². The van der Waals surface area contributed by atoms with Crippen LogP contribution in [0.3, 0.4) is 0 Å². The molecule has 0 spiro atoms. The summed E-state index contributed by atoms with van der Waals surface area (Å²) in [5.41, 5.74) is 0.00381. The number of rotatable bonds is 8. The highest BCUT2D eigenvalue weighted by Gasteiger charge is 2.17. The van der Waals surface area contributed by atoms with Crippen molar-refractivity contribution in [2.75, 3.05) is 18.5 Å². The lowest BCUT2D eigenvalue weighted by Crippen LogP contribution is -2.27. The molecule has 0 heterocycles. The highest BCUT2D eigenvalue weighted by molar-refractivity contribution is 5.93. The zero-order chi connectivity index (χ0) is 15.8. The normalized spacial score (nSPS) is 10.5. The molecule has 0 saturated carbocycles. The van der Waals surface area contributed by atoms with Crippen LogP contribution in [0.4, 0.5) is 11.4 Å². The zero-order valence-electron chi connectivity index (χ0n) is 12.5. The lowest BCUT2D eigenvalue weighted by atomic mass is 10.2. The van der Waals surface area contributed by atoms with Crippen LogP contribution in [0.1, 0.15) is 27.2 Å². The predicted molar refractivity (Wildman–Crippen MR) is 80.7 cm³/mol. The van der Waals surface area contributed by atoms with E-state index in [4.69, 9.17) is 4.74 Å². The van der Waals surface area contributed by atoms with Gasteiger partial charge < -0.3 is 15.4 Å². The number of anilines is 1. The number of nitrogens with zero attached hydrogens (tertiary/aromatic N) is 1. The number of carbonyl (C=O) groups excluding carboxylic acids is 1. The van der Waals surface area contributed by atoms with Crippen molar-refractivity contribution >= 4 is 17.3 Å². The number of hydrogen-bond donors (Lipinski definition) is 2. The van der Waals surface area contributed by atoms with Gasteiger partial charge in [0.25, 0.3) is 5.69 Å². The number of benzene rings is 1. The smallest absolute Gasteiger partial charge is 0.296 e. The van der Waals surface area contributed by atoms with Crippen LogP contribution in [0.25, 0.3) is 0 Å². The van der Waals surface area contributed by atoms with E-state index in [1.165, 1.54) is 12.1 Å². The van der Waals surface area contributed by atoms with Crippen molar-refractivity contribution in [2.45, 2.75) is 33.2 Å². The molecule has 0 unspecified atom stereocenters.